The van der Waals surface area contributed by atoms with Crippen molar-refractivity contribution in [1.29, 1.82) is 0 Å². The van der Waals surface area contributed by atoms with E-state index in [2.05, 4.69) is 26.8 Å². The Morgan fingerprint density at radius 2 is 2.17 bits per heavy atom. The minimum absolute atomic E-state index is 0.370. The molecule has 0 aromatic carbocycles. The van der Waals surface area contributed by atoms with Gasteiger partial charge in [-0.15, -0.1) is 0 Å². The third kappa shape index (κ3) is 2.13. The lowest BCUT2D eigenvalue weighted by atomic mass is 9.78. The van der Waals surface area contributed by atoms with Crippen molar-refractivity contribution in [3.05, 3.63) is 23.5 Å². The van der Waals surface area contributed by atoms with E-state index in [9.17, 15) is 0 Å². The summed E-state index contributed by atoms with van der Waals surface area (Å²) in [5.74, 6) is 0. The van der Waals surface area contributed by atoms with Gasteiger partial charge in [-0.05, 0) is 36.3 Å². The fraction of sp³-hybridized carbons (Fsp3) is 0.636. The predicted molar refractivity (Wildman–Crippen MR) is 51.9 cm³/mol. The smallest absolute Gasteiger partial charge is 0.0859 e. The van der Waals surface area contributed by atoms with Crippen molar-refractivity contribution in [3.8, 4) is 0 Å². The second kappa shape index (κ2) is 3.34. The summed E-state index contributed by atoms with van der Waals surface area (Å²) in [5.41, 5.74) is 3.08. The maximum Gasteiger partial charge on any atom is 0.0859 e. The maximum absolute atomic E-state index is 5.02. The zero-order valence-corrected chi connectivity index (χ0v) is 8.48. The van der Waals surface area contributed by atoms with Gasteiger partial charge in [0.2, 0.25) is 0 Å². The quantitative estimate of drug-likeness (QED) is 0.543. The minimum Gasteiger partial charge on any atom is -0.504 e. The molecule has 12 heavy (non-hydrogen) atoms. The number of hydrogen-bond acceptors (Lipinski definition) is 1. The molecule has 0 heterocycles. The Hall–Kier alpha value is -0.720. The molecule has 0 saturated carbocycles. The Morgan fingerprint density at radius 1 is 1.50 bits per heavy atom. The Labute approximate surface area is 75.1 Å². The topological polar surface area (TPSA) is 9.23 Å². The summed E-state index contributed by atoms with van der Waals surface area (Å²) in [4.78, 5) is 0. The van der Waals surface area contributed by atoms with Gasteiger partial charge < -0.3 is 4.74 Å². The van der Waals surface area contributed by atoms with Crippen LogP contribution in [0.2, 0.25) is 0 Å². The summed E-state index contributed by atoms with van der Waals surface area (Å²) < 4.78 is 5.02. The Morgan fingerprint density at radius 3 is 2.67 bits per heavy atom. The van der Waals surface area contributed by atoms with Crippen molar-refractivity contribution >= 4 is 0 Å². The molecule has 0 bridgehead atoms. The van der Waals surface area contributed by atoms with Gasteiger partial charge in [0.05, 0.1) is 13.4 Å². The van der Waals surface area contributed by atoms with E-state index in [1.165, 1.54) is 17.6 Å². The van der Waals surface area contributed by atoms with Gasteiger partial charge in [-0.3, -0.25) is 0 Å². The zero-order valence-electron chi connectivity index (χ0n) is 8.48. The zero-order chi connectivity index (χ0) is 9.19. The predicted octanol–water partition coefficient (Wildman–Crippen LogP) is 3.28. The number of ether oxygens (including phenoxy) is 1. The third-order valence-electron chi connectivity index (χ3n) is 2.41. The van der Waals surface area contributed by atoms with Crippen LogP contribution in [0.4, 0.5) is 0 Å². The van der Waals surface area contributed by atoms with Crippen LogP contribution in [0, 0.1) is 5.41 Å². The Bertz CT molecular complexity index is 221. The van der Waals surface area contributed by atoms with Crippen molar-refractivity contribution in [2.75, 3.05) is 7.11 Å². The van der Waals surface area contributed by atoms with Gasteiger partial charge in [0.1, 0.15) is 0 Å². The first kappa shape index (κ1) is 9.37. The summed E-state index contributed by atoms with van der Waals surface area (Å²) >= 11 is 0. The molecular formula is C11H18O. The Balaban J connectivity index is 2.83. The molecule has 1 rings (SSSR count). The molecule has 0 fully saturated rings. The molecule has 0 aromatic rings. The van der Waals surface area contributed by atoms with Crippen LogP contribution in [0.15, 0.2) is 23.5 Å². The van der Waals surface area contributed by atoms with E-state index in [1.54, 1.807) is 7.11 Å². The van der Waals surface area contributed by atoms with Gasteiger partial charge in [-0.25, -0.2) is 0 Å². The second-order valence-electron chi connectivity index (χ2n) is 4.19. The first-order valence-electron chi connectivity index (χ1n) is 4.47. The molecule has 1 heteroatoms. The van der Waals surface area contributed by atoms with Crippen LogP contribution in [0.25, 0.3) is 0 Å². The fourth-order valence-electron chi connectivity index (χ4n) is 1.70. The summed E-state index contributed by atoms with van der Waals surface area (Å²) in [6.07, 6.45) is 6.56. The van der Waals surface area contributed by atoms with Crippen molar-refractivity contribution in [2.24, 2.45) is 5.41 Å². The molecule has 0 amide bonds. The maximum atomic E-state index is 5.02. The molecule has 0 radical (unpaired) electrons. The van der Waals surface area contributed by atoms with Gasteiger partial charge in [0.15, 0.2) is 0 Å². The Kier molecular flexibility index (Phi) is 2.61. The highest BCUT2D eigenvalue weighted by Crippen LogP contribution is 2.35. The number of rotatable bonds is 1. The van der Waals surface area contributed by atoms with Crippen molar-refractivity contribution in [3.63, 3.8) is 0 Å². The second-order valence-corrected chi connectivity index (χ2v) is 4.19. The molecule has 68 valence electrons. The lowest BCUT2D eigenvalue weighted by Gasteiger charge is -2.27. The van der Waals surface area contributed by atoms with E-state index in [0.29, 0.717) is 5.41 Å². The van der Waals surface area contributed by atoms with Gasteiger partial charge >= 0.3 is 0 Å². The lowest BCUT2D eigenvalue weighted by molar-refractivity contribution is 0.328. The molecule has 0 unspecified atom stereocenters. The van der Waals surface area contributed by atoms with Gasteiger partial charge in [-0.2, -0.15) is 0 Å². The third-order valence-corrected chi connectivity index (χ3v) is 2.41. The fourth-order valence-corrected chi connectivity index (χ4v) is 1.70. The molecule has 0 atom stereocenters. The molecule has 0 saturated heterocycles. The number of hydrogen-bond donors (Lipinski definition) is 0. The SMILES string of the molecule is CO/C=C1\CCC(C)(C)C=C1C. The van der Waals surface area contributed by atoms with Crippen LogP contribution >= 0.6 is 0 Å². The molecular weight excluding hydrogens is 148 g/mol. The average molecular weight is 166 g/mol. The van der Waals surface area contributed by atoms with Crippen LogP contribution in [-0.4, -0.2) is 7.11 Å². The first-order valence-corrected chi connectivity index (χ1v) is 4.47. The van der Waals surface area contributed by atoms with Gasteiger partial charge in [-0.1, -0.05) is 19.9 Å². The first-order chi connectivity index (χ1) is 5.55. The standard InChI is InChI=1S/C11H18O/c1-9-7-11(2,3)6-5-10(9)8-12-4/h7-8H,5-6H2,1-4H3/b10-8+. The summed E-state index contributed by atoms with van der Waals surface area (Å²) in [7, 11) is 1.71. The molecule has 0 N–H and O–H groups in total. The largest absolute Gasteiger partial charge is 0.504 e. The van der Waals surface area contributed by atoms with E-state index in [-0.39, 0.29) is 0 Å². The minimum atomic E-state index is 0.370. The molecule has 0 spiro atoms. The highest BCUT2D eigenvalue weighted by molar-refractivity contribution is 5.32. The van der Waals surface area contributed by atoms with Crippen LogP contribution < -0.4 is 0 Å². The van der Waals surface area contributed by atoms with E-state index < -0.39 is 0 Å². The van der Waals surface area contributed by atoms with Crippen LogP contribution in [0.5, 0.6) is 0 Å². The molecule has 1 aliphatic carbocycles. The molecule has 0 aromatic heterocycles. The van der Waals surface area contributed by atoms with Crippen molar-refractivity contribution in [2.45, 2.75) is 33.6 Å². The normalized spacial score (nSPS) is 25.3. The van der Waals surface area contributed by atoms with Crippen molar-refractivity contribution in [1.82, 2.24) is 0 Å². The monoisotopic (exact) mass is 166 g/mol. The summed E-state index contributed by atoms with van der Waals surface area (Å²) in [6.45, 7) is 6.71. The van der Waals surface area contributed by atoms with Crippen LogP contribution in [0.3, 0.4) is 0 Å². The lowest BCUT2D eigenvalue weighted by Crippen LogP contribution is -2.13. The molecule has 1 nitrogen and oxygen atoms in total. The van der Waals surface area contributed by atoms with Crippen molar-refractivity contribution < 1.29 is 4.74 Å². The van der Waals surface area contributed by atoms with E-state index >= 15 is 0 Å². The summed E-state index contributed by atoms with van der Waals surface area (Å²) in [6, 6.07) is 0. The van der Waals surface area contributed by atoms with E-state index in [1.807, 2.05) is 6.26 Å². The van der Waals surface area contributed by atoms with Crippen LogP contribution in [0.1, 0.15) is 33.6 Å². The molecule has 0 aliphatic heterocycles. The average Bonchev–Trinajstić information content (AvgIpc) is 1.94. The number of allylic oxidation sites excluding steroid dienone is 3. The highest BCUT2D eigenvalue weighted by atomic mass is 16.5. The van der Waals surface area contributed by atoms with Gasteiger partial charge in [0, 0.05) is 0 Å². The molecule has 1 aliphatic rings. The number of methoxy groups -OCH3 is 1. The van der Waals surface area contributed by atoms with Crippen LogP contribution in [-0.2, 0) is 4.74 Å². The van der Waals surface area contributed by atoms with E-state index in [4.69, 9.17) is 4.74 Å². The highest BCUT2D eigenvalue weighted by Gasteiger charge is 2.21. The van der Waals surface area contributed by atoms with Gasteiger partial charge in [0.25, 0.3) is 0 Å². The van der Waals surface area contributed by atoms with E-state index in [0.717, 1.165) is 6.42 Å². The summed E-state index contributed by atoms with van der Waals surface area (Å²) in [5, 5.41) is 0.